The minimum atomic E-state index is -0.414. The summed E-state index contributed by atoms with van der Waals surface area (Å²) in [4.78, 5) is 14.0. The van der Waals surface area contributed by atoms with Crippen LogP contribution < -0.4 is 0 Å². The molecule has 2 aliphatic rings. The summed E-state index contributed by atoms with van der Waals surface area (Å²) in [5.41, 5.74) is 3.94. The number of aliphatic hydroxyl groups excluding tert-OH is 1. The SMILES string of the molecule is CCOC(=O)C1=C(O)CCN(C2=Cc3ccccc32)C1.Cl. The van der Waals surface area contributed by atoms with Gasteiger partial charge in [-0.3, -0.25) is 0 Å². The second-order valence-electron chi connectivity index (χ2n) is 4.93. The van der Waals surface area contributed by atoms with Gasteiger partial charge in [0.2, 0.25) is 0 Å². The van der Waals surface area contributed by atoms with Crippen LogP contribution in [0.3, 0.4) is 0 Å². The zero-order chi connectivity index (χ0) is 14.1. The topological polar surface area (TPSA) is 49.8 Å². The molecule has 1 heterocycles. The molecule has 21 heavy (non-hydrogen) atoms. The van der Waals surface area contributed by atoms with Crippen molar-refractivity contribution in [3.63, 3.8) is 0 Å². The quantitative estimate of drug-likeness (QED) is 0.872. The Kier molecular flexibility index (Phi) is 4.58. The standard InChI is InChI=1S/C16H17NO3.ClH/c1-2-20-16(19)13-10-17(8-7-15(13)18)14-9-11-5-3-4-6-12(11)14;/h3-6,9,18H,2,7-8,10H2,1H3;1H. The van der Waals surface area contributed by atoms with Crippen molar-refractivity contribution in [1.29, 1.82) is 0 Å². The van der Waals surface area contributed by atoms with Crippen LogP contribution in [0.5, 0.6) is 0 Å². The Morgan fingerprint density at radius 2 is 2.14 bits per heavy atom. The number of esters is 1. The lowest BCUT2D eigenvalue weighted by atomic mass is 9.91. The molecule has 5 heteroatoms. The normalized spacial score (nSPS) is 16.4. The minimum Gasteiger partial charge on any atom is -0.512 e. The molecule has 1 aromatic rings. The van der Waals surface area contributed by atoms with Crippen molar-refractivity contribution in [2.75, 3.05) is 19.7 Å². The van der Waals surface area contributed by atoms with Crippen LogP contribution in [0, 0.1) is 0 Å². The number of halogens is 1. The van der Waals surface area contributed by atoms with E-state index in [0.717, 1.165) is 12.2 Å². The fourth-order valence-corrected chi connectivity index (χ4v) is 2.62. The lowest BCUT2D eigenvalue weighted by Gasteiger charge is -2.35. The molecule has 0 saturated heterocycles. The number of hydrogen-bond acceptors (Lipinski definition) is 4. The van der Waals surface area contributed by atoms with E-state index in [1.54, 1.807) is 6.92 Å². The monoisotopic (exact) mass is 307 g/mol. The van der Waals surface area contributed by atoms with Crippen molar-refractivity contribution >= 4 is 30.1 Å². The average molecular weight is 308 g/mol. The molecule has 3 rings (SSSR count). The summed E-state index contributed by atoms with van der Waals surface area (Å²) in [5.74, 6) is -0.254. The molecule has 0 spiro atoms. The third-order valence-electron chi connectivity index (χ3n) is 3.71. The molecule has 1 aliphatic heterocycles. The van der Waals surface area contributed by atoms with Gasteiger partial charge in [-0.25, -0.2) is 4.79 Å². The van der Waals surface area contributed by atoms with Crippen molar-refractivity contribution in [2.24, 2.45) is 0 Å². The maximum atomic E-state index is 11.8. The van der Waals surface area contributed by atoms with Crippen LogP contribution in [0.2, 0.25) is 0 Å². The molecule has 0 bridgehead atoms. The maximum Gasteiger partial charge on any atom is 0.339 e. The van der Waals surface area contributed by atoms with Gasteiger partial charge in [-0.05, 0) is 18.6 Å². The zero-order valence-electron chi connectivity index (χ0n) is 11.8. The van der Waals surface area contributed by atoms with Crippen molar-refractivity contribution < 1.29 is 14.6 Å². The highest BCUT2D eigenvalue weighted by Gasteiger charge is 2.29. The fourth-order valence-electron chi connectivity index (χ4n) is 2.62. The van der Waals surface area contributed by atoms with Gasteiger partial charge in [0.1, 0.15) is 5.76 Å². The van der Waals surface area contributed by atoms with E-state index in [2.05, 4.69) is 23.1 Å². The van der Waals surface area contributed by atoms with Crippen LogP contribution >= 0.6 is 12.4 Å². The number of hydrogen-bond donors (Lipinski definition) is 1. The molecule has 0 fully saturated rings. The lowest BCUT2D eigenvalue weighted by molar-refractivity contribution is -0.139. The number of carbonyl (C=O) groups is 1. The van der Waals surface area contributed by atoms with Crippen molar-refractivity contribution in [3.8, 4) is 0 Å². The van der Waals surface area contributed by atoms with Crippen LogP contribution in [-0.2, 0) is 9.53 Å². The predicted molar refractivity (Wildman–Crippen MR) is 84.0 cm³/mol. The van der Waals surface area contributed by atoms with Crippen molar-refractivity contribution in [3.05, 3.63) is 46.7 Å². The first-order valence-corrected chi connectivity index (χ1v) is 6.85. The molecule has 1 aromatic carbocycles. The van der Waals surface area contributed by atoms with E-state index in [1.807, 2.05) is 12.1 Å². The van der Waals surface area contributed by atoms with Crippen LogP contribution in [0.1, 0.15) is 24.5 Å². The van der Waals surface area contributed by atoms with Gasteiger partial charge in [0, 0.05) is 24.2 Å². The van der Waals surface area contributed by atoms with Crippen molar-refractivity contribution in [1.82, 2.24) is 4.90 Å². The van der Waals surface area contributed by atoms with Crippen LogP contribution in [-0.4, -0.2) is 35.7 Å². The van der Waals surface area contributed by atoms with E-state index in [1.165, 1.54) is 11.1 Å². The van der Waals surface area contributed by atoms with Gasteiger partial charge in [-0.1, -0.05) is 24.3 Å². The highest BCUT2D eigenvalue weighted by Crippen LogP contribution is 2.36. The highest BCUT2D eigenvalue weighted by atomic mass is 35.5. The fraction of sp³-hybridized carbons (Fsp3) is 0.312. The molecule has 0 atom stereocenters. The summed E-state index contributed by atoms with van der Waals surface area (Å²) in [6.07, 6.45) is 2.59. The summed E-state index contributed by atoms with van der Waals surface area (Å²) < 4.78 is 5.00. The maximum absolute atomic E-state index is 11.8. The number of carbonyl (C=O) groups excluding carboxylic acids is 1. The van der Waals surface area contributed by atoms with E-state index in [9.17, 15) is 9.90 Å². The highest BCUT2D eigenvalue weighted by molar-refractivity contribution is 5.96. The molecular weight excluding hydrogens is 290 g/mol. The van der Waals surface area contributed by atoms with Gasteiger partial charge in [0.05, 0.1) is 18.7 Å². The number of nitrogens with zero attached hydrogens (tertiary/aromatic N) is 1. The summed E-state index contributed by atoms with van der Waals surface area (Å²) in [5, 5.41) is 9.88. The number of fused-ring (bicyclic) bond motifs is 1. The van der Waals surface area contributed by atoms with Crippen LogP contribution in [0.4, 0.5) is 0 Å². The first-order chi connectivity index (χ1) is 9.70. The molecule has 0 aromatic heterocycles. The Morgan fingerprint density at radius 1 is 1.38 bits per heavy atom. The van der Waals surface area contributed by atoms with E-state index in [4.69, 9.17) is 4.74 Å². The lowest BCUT2D eigenvalue weighted by Crippen LogP contribution is -2.35. The molecule has 0 unspecified atom stereocenters. The smallest absolute Gasteiger partial charge is 0.339 e. The average Bonchev–Trinajstić information content (AvgIpc) is 2.42. The largest absolute Gasteiger partial charge is 0.512 e. The van der Waals surface area contributed by atoms with Crippen molar-refractivity contribution in [2.45, 2.75) is 13.3 Å². The molecule has 1 N–H and O–H groups in total. The Balaban J connectivity index is 0.00000161. The molecule has 0 radical (unpaired) electrons. The second kappa shape index (κ2) is 6.22. The molecule has 0 saturated carbocycles. The Hall–Kier alpha value is -1.94. The number of ether oxygens (including phenoxy) is 1. The van der Waals surface area contributed by atoms with Gasteiger partial charge >= 0.3 is 5.97 Å². The first-order valence-electron chi connectivity index (χ1n) is 6.85. The Morgan fingerprint density at radius 3 is 2.86 bits per heavy atom. The van der Waals surface area contributed by atoms with Crippen LogP contribution in [0.15, 0.2) is 35.6 Å². The number of benzene rings is 1. The third kappa shape index (κ3) is 2.76. The summed E-state index contributed by atoms with van der Waals surface area (Å²) in [6.45, 7) is 3.21. The molecule has 112 valence electrons. The van der Waals surface area contributed by atoms with E-state index in [0.29, 0.717) is 25.1 Å². The van der Waals surface area contributed by atoms with E-state index in [-0.39, 0.29) is 18.2 Å². The van der Waals surface area contributed by atoms with Gasteiger partial charge in [-0.15, -0.1) is 12.4 Å². The minimum absolute atomic E-state index is 0. The van der Waals surface area contributed by atoms with Gasteiger partial charge in [0.15, 0.2) is 0 Å². The zero-order valence-corrected chi connectivity index (χ0v) is 12.7. The molecule has 0 amide bonds. The molecule has 1 aliphatic carbocycles. The Labute approximate surface area is 130 Å². The summed E-state index contributed by atoms with van der Waals surface area (Å²) in [7, 11) is 0. The van der Waals surface area contributed by atoms with Crippen LogP contribution in [0.25, 0.3) is 11.8 Å². The second-order valence-corrected chi connectivity index (χ2v) is 4.93. The number of aliphatic hydroxyl groups is 1. The van der Waals surface area contributed by atoms with Gasteiger partial charge in [0.25, 0.3) is 0 Å². The van der Waals surface area contributed by atoms with Gasteiger partial charge in [-0.2, -0.15) is 0 Å². The first kappa shape index (κ1) is 15.4. The summed E-state index contributed by atoms with van der Waals surface area (Å²) >= 11 is 0. The number of rotatable bonds is 3. The Bertz CT molecular complexity index is 622. The summed E-state index contributed by atoms with van der Waals surface area (Å²) in [6, 6.07) is 8.17. The van der Waals surface area contributed by atoms with E-state index >= 15 is 0 Å². The van der Waals surface area contributed by atoms with Gasteiger partial charge < -0.3 is 14.7 Å². The third-order valence-corrected chi connectivity index (χ3v) is 3.71. The molecular formula is C16H18ClNO3. The molecule has 4 nitrogen and oxygen atoms in total. The predicted octanol–water partition coefficient (Wildman–Crippen LogP) is 3.00. The van der Waals surface area contributed by atoms with E-state index < -0.39 is 5.97 Å².